The van der Waals surface area contributed by atoms with Gasteiger partial charge in [0, 0.05) is 26.1 Å². The lowest BCUT2D eigenvalue weighted by atomic mass is 9.88. The van der Waals surface area contributed by atoms with E-state index in [2.05, 4.69) is 25.9 Å². The van der Waals surface area contributed by atoms with Crippen LogP contribution in [0.5, 0.6) is 0 Å². The molecule has 1 N–H and O–H groups in total. The number of nitrogens with zero attached hydrogens (tertiary/aromatic N) is 3. The van der Waals surface area contributed by atoms with Crippen LogP contribution < -0.4 is 0 Å². The Bertz CT molecular complexity index is 473. The molecule has 1 aromatic heterocycles. The number of hydrogen-bond acceptors (Lipinski definition) is 3. The molecule has 0 bridgehead atoms. The average Bonchev–Trinajstić information content (AvgIpc) is 2.95. The first-order chi connectivity index (χ1) is 8.51. The maximum Gasteiger partial charge on any atom is 0.0869 e. The zero-order valence-electron chi connectivity index (χ0n) is 11.0. The monoisotopic (exact) mass is 313 g/mol. The van der Waals surface area contributed by atoms with E-state index in [0.717, 1.165) is 41.8 Å². The number of rotatable bonds is 2. The highest BCUT2D eigenvalue weighted by Crippen LogP contribution is 2.39. The van der Waals surface area contributed by atoms with E-state index in [0.29, 0.717) is 12.5 Å². The fourth-order valence-electron chi connectivity index (χ4n) is 3.57. The lowest BCUT2D eigenvalue weighted by Gasteiger charge is -2.30. The molecule has 0 aliphatic carbocycles. The van der Waals surface area contributed by atoms with Crippen molar-refractivity contribution in [3.63, 3.8) is 0 Å². The van der Waals surface area contributed by atoms with Crippen molar-refractivity contribution >= 4 is 15.9 Å². The van der Waals surface area contributed by atoms with Gasteiger partial charge in [-0.15, -0.1) is 0 Å². The van der Waals surface area contributed by atoms with Crippen molar-refractivity contribution in [3.05, 3.63) is 15.9 Å². The SMILES string of the molecule is Cc1nn(C)c(CC2(O)CCN3CCCC32)c1Br. The van der Waals surface area contributed by atoms with Gasteiger partial charge in [-0.1, -0.05) is 0 Å². The molecule has 1 aromatic rings. The number of halogens is 1. The number of fused-ring (bicyclic) bond motifs is 1. The minimum Gasteiger partial charge on any atom is -0.388 e. The summed E-state index contributed by atoms with van der Waals surface area (Å²) in [6.45, 7) is 4.18. The lowest BCUT2D eigenvalue weighted by Crippen LogP contribution is -2.43. The van der Waals surface area contributed by atoms with Gasteiger partial charge in [-0.2, -0.15) is 5.10 Å². The van der Waals surface area contributed by atoms with E-state index >= 15 is 0 Å². The molecule has 0 radical (unpaired) electrons. The predicted molar refractivity (Wildman–Crippen MR) is 73.5 cm³/mol. The van der Waals surface area contributed by atoms with Crippen molar-refractivity contribution in [1.82, 2.24) is 14.7 Å². The number of aryl methyl sites for hydroxylation is 2. The van der Waals surface area contributed by atoms with Crippen LogP contribution in [0.3, 0.4) is 0 Å². The van der Waals surface area contributed by atoms with Gasteiger partial charge in [0.05, 0.1) is 21.5 Å². The molecule has 0 amide bonds. The lowest BCUT2D eigenvalue weighted by molar-refractivity contribution is 0.0123. The summed E-state index contributed by atoms with van der Waals surface area (Å²) in [5, 5.41) is 15.4. The summed E-state index contributed by atoms with van der Waals surface area (Å²) in [4.78, 5) is 2.44. The first-order valence-corrected chi connectivity index (χ1v) is 7.45. The van der Waals surface area contributed by atoms with Gasteiger partial charge in [0.1, 0.15) is 0 Å². The minimum absolute atomic E-state index is 0.347. The van der Waals surface area contributed by atoms with Crippen molar-refractivity contribution < 1.29 is 5.11 Å². The van der Waals surface area contributed by atoms with Crippen LogP contribution in [0.25, 0.3) is 0 Å². The third-order valence-corrected chi connectivity index (χ3v) is 5.58. The van der Waals surface area contributed by atoms with E-state index in [1.165, 1.54) is 6.42 Å². The molecule has 100 valence electrons. The van der Waals surface area contributed by atoms with Gasteiger partial charge in [0.25, 0.3) is 0 Å². The fourth-order valence-corrected chi connectivity index (χ4v) is 4.05. The van der Waals surface area contributed by atoms with E-state index in [-0.39, 0.29) is 0 Å². The van der Waals surface area contributed by atoms with Crippen LogP contribution in [-0.4, -0.2) is 44.5 Å². The van der Waals surface area contributed by atoms with Crippen LogP contribution in [0.1, 0.15) is 30.7 Å². The summed E-state index contributed by atoms with van der Waals surface area (Å²) < 4.78 is 2.95. The third kappa shape index (κ3) is 1.84. The molecule has 2 atom stereocenters. The van der Waals surface area contributed by atoms with Crippen LogP contribution >= 0.6 is 15.9 Å². The van der Waals surface area contributed by atoms with Gasteiger partial charge in [-0.25, -0.2) is 0 Å². The summed E-state index contributed by atoms with van der Waals surface area (Å²) in [5.41, 5.74) is 1.54. The maximum absolute atomic E-state index is 11.0. The maximum atomic E-state index is 11.0. The van der Waals surface area contributed by atoms with Gasteiger partial charge >= 0.3 is 0 Å². The third-order valence-electron chi connectivity index (χ3n) is 4.55. The Morgan fingerprint density at radius 1 is 1.50 bits per heavy atom. The van der Waals surface area contributed by atoms with Crippen LogP contribution in [0, 0.1) is 6.92 Å². The highest BCUT2D eigenvalue weighted by molar-refractivity contribution is 9.10. The summed E-state index contributed by atoms with van der Waals surface area (Å²) >= 11 is 3.60. The Hall–Kier alpha value is -0.390. The zero-order chi connectivity index (χ0) is 12.9. The van der Waals surface area contributed by atoms with Crippen molar-refractivity contribution in [2.45, 2.75) is 44.2 Å². The molecule has 2 fully saturated rings. The molecule has 2 unspecified atom stereocenters. The van der Waals surface area contributed by atoms with Crippen molar-refractivity contribution in [3.8, 4) is 0 Å². The smallest absolute Gasteiger partial charge is 0.0869 e. The van der Waals surface area contributed by atoms with Crippen molar-refractivity contribution in [2.75, 3.05) is 13.1 Å². The Balaban J connectivity index is 1.87. The zero-order valence-corrected chi connectivity index (χ0v) is 12.6. The molecule has 5 heteroatoms. The van der Waals surface area contributed by atoms with Gasteiger partial charge in [-0.3, -0.25) is 9.58 Å². The first-order valence-electron chi connectivity index (χ1n) is 6.66. The quantitative estimate of drug-likeness (QED) is 0.902. The van der Waals surface area contributed by atoms with Crippen molar-refractivity contribution in [1.29, 1.82) is 0 Å². The van der Waals surface area contributed by atoms with E-state index in [4.69, 9.17) is 0 Å². The molecule has 2 aliphatic heterocycles. The highest BCUT2D eigenvalue weighted by atomic mass is 79.9. The number of aromatic nitrogens is 2. The predicted octanol–water partition coefficient (Wildman–Crippen LogP) is 1.63. The fraction of sp³-hybridized carbons (Fsp3) is 0.769. The van der Waals surface area contributed by atoms with Gasteiger partial charge in [-0.05, 0) is 48.7 Å². The molecule has 18 heavy (non-hydrogen) atoms. The van der Waals surface area contributed by atoms with Crippen LogP contribution in [0.15, 0.2) is 4.47 Å². The Morgan fingerprint density at radius 3 is 2.94 bits per heavy atom. The molecular weight excluding hydrogens is 294 g/mol. The largest absolute Gasteiger partial charge is 0.388 e. The summed E-state index contributed by atoms with van der Waals surface area (Å²) in [6.07, 6.45) is 3.93. The molecule has 0 aromatic carbocycles. The second-order valence-corrected chi connectivity index (χ2v) is 6.49. The second kappa shape index (κ2) is 4.32. The minimum atomic E-state index is -0.570. The van der Waals surface area contributed by atoms with Gasteiger partial charge in [0.15, 0.2) is 0 Å². The standard InChI is InChI=1S/C13H20BrN3O/c1-9-12(14)10(16(2)15-9)8-13(18)5-7-17-6-3-4-11(13)17/h11,18H,3-8H2,1-2H3. The Morgan fingerprint density at radius 2 is 2.28 bits per heavy atom. The average molecular weight is 314 g/mol. The molecular formula is C13H20BrN3O. The van der Waals surface area contributed by atoms with E-state index < -0.39 is 5.60 Å². The molecule has 0 saturated carbocycles. The molecule has 2 aliphatic rings. The van der Waals surface area contributed by atoms with Crippen LogP contribution in [0.2, 0.25) is 0 Å². The highest BCUT2D eigenvalue weighted by Gasteiger charge is 2.48. The van der Waals surface area contributed by atoms with E-state index in [1.54, 1.807) is 0 Å². The summed E-state index contributed by atoms with van der Waals surface area (Å²) in [6, 6.07) is 0.347. The molecule has 4 nitrogen and oxygen atoms in total. The van der Waals surface area contributed by atoms with Crippen LogP contribution in [-0.2, 0) is 13.5 Å². The van der Waals surface area contributed by atoms with Crippen LogP contribution in [0.4, 0.5) is 0 Å². The molecule has 3 rings (SSSR count). The number of aliphatic hydroxyl groups is 1. The Kier molecular flexibility index (Phi) is 3.03. The molecule has 2 saturated heterocycles. The molecule has 0 spiro atoms. The second-order valence-electron chi connectivity index (χ2n) is 5.69. The van der Waals surface area contributed by atoms with E-state index in [9.17, 15) is 5.11 Å². The van der Waals surface area contributed by atoms with Gasteiger partial charge in [0.2, 0.25) is 0 Å². The first kappa shape index (κ1) is 12.6. The normalized spacial score (nSPS) is 32.1. The Labute approximate surface area is 116 Å². The summed E-state index contributed by atoms with van der Waals surface area (Å²) in [5.74, 6) is 0. The summed E-state index contributed by atoms with van der Waals surface area (Å²) in [7, 11) is 1.96. The number of hydrogen-bond donors (Lipinski definition) is 1. The van der Waals surface area contributed by atoms with Crippen molar-refractivity contribution in [2.24, 2.45) is 7.05 Å². The molecule has 3 heterocycles. The topological polar surface area (TPSA) is 41.3 Å². The van der Waals surface area contributed by atoms with E-state index in [1.807, 2.05) is 18.7 Å². The van der Waals surface area contributed by atoms with Gasteiger partial charge < -0.3 is 5.11 Å².